The summed E-state index contributed by atoms with van der Waals surface area (Å²) in [6.45, 7) is 5.53. The van der Waals surface area contributed by atoms with E-state index in [1.807, 2.05) is 4.90 Å². The van der Waals surface area contributed by atoms with E-state index >= 15 is 0 Å². The predicted molar refractivity (Wildman–Crippen MR) is 73.3 cm³/mol. The first kappa shape index (κ1) is 15.4. The zero-order valence-corrected chi connectivity index (χ0v) is 12.0. The van der Waals surface area contributed by atoms with Crippen LogP contribution in [0.3, 0.4) is 0 Å². The fraction of sp³-hybridized carbons (Fsp3) is 0.929. The van der Waals surface area contributed by atoms with Gasteiger partial charge in [0.15, 0.2) is 0 Å². The lowest BCUT2D eigenvalue weighted by molar-refractivity contribution is -0.135. The van der Waals surface area contributed by atoms with E-state index in [1.165, 1.54) is 12.8 Å². The predicted octanol–water partition coefficient (Wildman–Crippen LogP) is 1.78. The second kappa shape index (κ2) is 7.74. The van der Waals surface area contributed by atoms with Gasteiger partial charge in [-0.25, -0.2) is 0 Å². The highest BCUT2D eigenvalue weighted by molar-refractivity contribution is 5.77. The first-order chi connectivity index (χ1) is 8.63. The zero-order chi connectivity index (χ0) is 13.5. The van der Waals surface area contributed by atoms with Crippen molar-refractivity contribution in [3.63, 3.8) is 0 Å². The smallest absolute Gasteiger partial charge is 0.224 e. The monoisotopic (exact) mass is 256 g/mol. The Labute approximate surface area is 111 Å². The first-order valence-electron chi connectivity index (χ1n) is 7.17. The van der Waals surface area contributed by atoms with Crippen molar-refractivity contribution in [1.82, 2.24) is 4.90 Å². The van der Waals surface area contributed by atoms with Gasteiger partial charge in [0.05, 0.1) is 6.61 Å². The van der Waals surface area contributed by atoms with Crippen LogP contribution >= 0.6 is 0 Å². The van der Waals surface area contributed by atoms with Gasteiger partial charge in [0, 0.05) is 32.2 Å². The number of ether oxygens (including phenoxy) is 1. The van der Waals surface area contributed by atoms with Crippen molar-refractivity contribution in [1.29, 1.82) is 0 Å². The summed E-state index contributed by atoms with van der Waals surface area (Å²) in [6.07, 6.45) is 4.86. The number of nitrogens with zero attached hydrogens (tertiary/aromatic N) is 1. The normalized spacial score (nSPS) is 16.9. The van der Waals surface area contributed by atoms with Crippen molar-refractivity contribution in [3.8, 4) is 0 Å². The van der Waals surface area contributed by atoms with Crippen molar-refractivity contribution < 1.29 is 9.53 Å². The van der Waals surface area contributed by atoms with Gasteiger partial charge >= 0.3 is 0 Å². The fourth-order valence-corrected chi connectivity index (χ4v) is 2.44. The Morgan fingerprint density at radius 3 is 2.44 bits per heavy atom. The molecule has 0 spiro atoms. The van der Waals surface area contributed by atoms with Crippen molar-refractivity contribution in [3.05, 3.63) is 0 Å². The molecule has 0 aromatic carbocycles. The molecule has 2 N–H and O–H groups in total. The fourth-order valence-electron chi connectivity index (χ4n) is 2.44. The van der Waals surface area contributed by atoms with E-state index < -0.39 is 0 Å². The van der Waals surface area contributed by atoms with Gasteiger partial charge < -0.3 is 15.4 Å². The molecular formula is C14H28N2O2. The average Bonchev–Trinajstić information content (AvgIpc) is 3.18. The van der Waals surface area contributed by atoms with Gasteiger partial charge in [-0.15, -0.1) is 0 Å². The first-order valence-corrected chi connectivity index (χ1v) is 7.17. The van der Waals surface area contributed by atoms with E-state index in [-0.39, 0.29) is 11.9 Å². The largest absolute Gasteiger partial charge is 0.383 e. The summed E-state index contributed by atoms with van der Waals surface area (Å²) in [4.78, 5) is 14.3. The number of nitrogens with two attached hydrogens (primary N) is 1. The molecule has 0 radical (unpaired) electrons. The van der Waals surface area contributed by atoms with Gasteiger partial charge in [-0.1, -0.05) is 13.8 Å². The standard InChI is InChI=1S/C14H28N2O2/c1-4-12(5-2)16(8-9-18-3)14(17)10-13(15)11-6-7-11/h11-13H,4-10,15H2,1-3H3. The number of carbonyl (C=O) groups is 1. The summed E-state index contributed by atoms with van der Waals surface area (Å²) in [5.74, 6) is 0.778. The molecule has 0 bridgehead atoms. The van der Waals surface area contributed by atoms with Crippen LogP contribution < -0.4 is 5.73 Å². The van der Waals surface area contributed by atoms with Crippen LogP contribution in [0, 0.1) is 5.92 Å². The van der Waals surface area contributed by atoms with Gasteiger partial charge in [0.2, 0.25) is 5.91 Å². The molecule has 106 valence electrons. The molecule has 0 aromatic rings. The molecule has 4 heteroatoms. The van der Waals surface area contributed by atoms with E-state index in [9.17, 15) is 4.79 Å². The molecule has 0 saturated heterocycles. The molecule has 1 saturated carbocycles. The van der Waals surface area contributed by atoms with Crippen LogP contribution in [0.2, 0.25) is 0 Å². The third-order valence-corrected chi connectivity index (χ3v) is 3.88. The van der Waals surface area contributed by atoms with Crippen molar-refractivity contribution >= 4 is 5.91 Å². The quantitative estimate of drug-likeness (QED) is 0.684. The molecule has 0 aliphatic heterocycles. The van der Waals surface area contributed by atoms with Gasteiger partial charge in [-0.2, -0.15) is 0 Å². The van der Waals surface area contributed by atoms with Crippen LogP contribution in [0.4, 0.5) is 0 Å². The molecular weight excluding hydrogens is 228 g/mol. The number of hydrogen-bond acceptors (Lipinski definition) is 3. The number of methoxy groups -OCH3 is 1. The van der Waals surface area contributed by atoms with E-state index in [0.717, 1.165) is 12.8 Å². The molecule has 1 atom stereocenters. The van der Waals surface area contributed by atoms with Crippen LogP contribution in [0.15, 0.2) is 0 Å². The summed E-state index contributed by atoms with van der Waals surface area (Å²) < 4.78 is 5.10. The maximum atomic E-state index is 12.3. The topological polar surface area (TPSA) is 55.6 Å². The minimum Gasteiger partial charge on any atom is -0.383 e. The van der Waals surface area contributed by atoms with Crippen LogP contribution in [0.5, 0.6) is 0 Å². The van der Waals surface area contributed by atoms with E-state index in [0.29, 0.717) is 31.5 Å². The Morgan fingerprint density at radius 2 is 2.00 bits per heavy atom. The number of carbonyl (C=O) groups excluding carboxylic acids is 1. The molecule has 4 nitrogen and oxygen atoms in total. The lowest BCUT2D eigenvalue weighted by atomic mass is 10.1. The van der Waals surface area contributed by atoms with Crippen LogP contribution in [0.25, 0.3) is 0 Å². The van der Waals surface area contributed by atoms with Crippen LogP contribution in [-0.4, -0.2) is 43.2 Å². The summed E-state index contributed by atoms with van der Waals surface area (Å²) in [5, 5.41) is 0. The maximum absolute atomic E-state index is 12.3. The highest BCUT2D eigenvalue weighted by Gasteiger charge is 2.31. The summed E-state index contributed by atoms with van der Waals surface area (Å²) in [5.41, 5.74) is 6.05. The molecule has 1 fully saturated rings. The van der Waals surface area contributed by atoms with Gasteiger partial charge in [-0.05, 0) is 31.6 Å². The third kappa shape index (κ3) is 4.58. The maximum Gasteiger partial charge on any atom is 0.224 e. The Morgan fingerprint density at radius 1 is 1.39 bits per heavy atom. The van der Waals surface area contributed by atoms with E-state index in [1.54, 1.807) is 7.11 Å². The molecule has 1 amide bonds. The average molecular weight is 256 g/mol. The minimum absolute atomic E-state index is 0.0527. The Kier molecular flexibility index (Phi) is 6.65. The SMILES string of the molecule is CCC(CC)N(CCOC)C(=O)CC(N)C1CC1. The zero-order valence-electron chi connectivity index (χ0n) is 12.0. The molecule has 1 aliphatic rings. The number of hydrogen-bond donors (Lipinski definition) is 1. The number of amides is 1. The summed E-state index contributed by atoms with van der Waals surface area (Å²) in [6, 6.07) is 0.371. The Hall–Kier alpha value is -0.610. The van der Waals surface area contributed by atoms with Crippen LogP contribution in [0.1, 0.15) is 46.0 Å². The van der Waals surface area contributed by atoms with Gasteiger partial charge in [-0.3, -0.25) is 4.79 Å². The van der Waals surface area contributed by atoms with Crippen LogP contribution in [-0.2, 0) is 9.53 Å². The lowest BCUT2D eigenvalue weighted by Gasteiger charge is -2.31. The van der Waals surface area contributed by atoms with Gasteiger partial charge in [0.25, 0.3) is 0 Å². The molecule has 1 unspecified atom stereocenters. The second-order valence-corrected chi connectivity index (χ2v) is 5.26. The molecule has 1 aliphatic carbocycles. The molecule has 0 aromatic heterocycles. The Bertz CT molecular complexity index is 250. The minimum atomic E-state index is 0.0527. The highest BCUT2D eigenvalue weighted by atomic mass is 16.5. The number of rotatable bonds is 9. The summed E-state index contributed by atoms with van der Waals surface area (Å²) in [7, 11) is 1.67. The highest BCUT2D eigenvalue weighted by Crippen LogP contribution is 2.33. The van der Waals surface area contributed by atoms with Crippen molar-refractivity contribution in [2.75, 3.05) is 20.3 Å². The molecule has 0 heterocycles. The summed E-state index contributed by atoms with van der Waals surface area (Å²) >= 11 is 0. The molecule has 18 heavy (non-hydrogen) atoms. The lowest BCUT2D eigenvalue weighted by Crippen LogP contribution is -2.44. The second-order valence-electron chi connectivity index (χ2n) is 5.26. The Balaban J connectivity index is 2.52. The van der Waals surface area contributed by atoms with E-state index in [2.05, 4.69) is 13.8 Å². The van der Waals surface area contributed by atoms with Crippen molar-refractivity contribution in [2.24, 2.45) is 11.7 Å². The van der Waals surface area contributed by atoms with Crippen molar-refractivity contribution in [2.45, 2.75) is 58.0 Å². The van der Waals surface area contributed by atoms with E-state index in [4.69, 9.17) is 10.5 Å². The third-order valence-electron chi connectivity index (χ3n) is 3.88. The molecule has 1 rings (SSSR count). The van der Waals surface area contributed by atoms with Gasteiger partial charge in [0.1, 0.15) is 0 Å².